The van der Waals surface area contributed by atoms with Gasteiger partial charge in [-0.1, -0.05) is 36.4 Å². The monoisotopic (exact) mass is 267 g/mol. The number of aliphatic hydroxyl groups is 3. The molecule has 1 rings (SSSR count). The molecule has 0 aliphatic heterocycles. The molecule has 0 bridgehead atoms. The highest BCUT2D eigenvalue weighted by Gasteiger charge is 2.00. The third-order valence-electron chi connectivity index (χ3n) is 2.47. The quantitative estimate of drug-likeness (QED) is 0.606. The summed E-state index contributed by atoms with van der Waals surface area (Å²) in [5.41, 5.74) is 1.33. The third-order valence-corrected chi connectivity index (χ3v) is 2.47. The normalized spacial score (nSPS) is 9.89. The fraction of sp³-hybridized carbons (Fsp3) is 0.467. The molecule has 1 aromatic rings. The molecule has 3 N–H and O–H groups in total. The molecular formula is C15H25NO3. The molecule has 108 valence electrons. The second-order valence-electron chi connectivity index (χ2n) is 3.99. The van der Waals surface area contributed by atoms with E-state index in [1.807, 2.05) is 24.3 Å². The van der Waals surface area contributed by atoms with Crippen molar-refractivity contribution < 1.29 is 15.3 Å². The van der Waals surface area contributed by atoms with E-state index in [0.29, 0.717) is 19.6 Å². The van der Waals surface area contributed by atoms with Crippen LogP contribution in [0.25, 0.3) is 0 Å². The number of allylic oxidation sites excluding steroid dienone is 1. The first-order chi connectivity index (χ1) is 9.28. The minimum Gasteiger partial charge on any atom is -0.395 e. The molecule has 0 aliphatic rings. The topological polar surface area (TPSA) is 63.9 Å². The van der Waals surface area contributed by atoms with Gasteiger partial charge < -0.3 is 15.3 Å². The lowest BCUT2D eigenvalue weighted by atomic mass is 10.2. The molecule has 0 saturated carbocycles. The molecule has 0 atom stereocenters. The molecule has 0 unspecified atom stereocenters. The van der Waals surface area contributed by atoms with Gasteiger partial charge >= 0.3 is 0 Å². The summed E-state index contributed by atoms with van der Waals surface area (Å²) >= 11 is 0. The summed E-state index contributed by atoms with van der Waals surface area (Å²) in [6.45, 7) is 5.41. The SMILES string of the molecule is C=CCc1ccccc1.OCCN(CCO)CCO. The average Bonchev–Trinajstić information content (AvgIpc) is 2.42. The lowest BCUT2D eigenvalue weighted by molar-refractivity contribution is 0.136. The van der Waals surface area contributed by atoms with E-state index in [-0.39, 0.29) is 19.8 Å². The van der Waals surface area contributed by atoms with Gasteiger partial charge in [0.15, 0.2) is 0 Å². The second kappa shape index (κ2) is 13.2. The van der Waals surface area contributed by atoms with Gasteiger partial charge in [0.25, 0.3) is 0 Å². The van der Waals surface area contributed by atoms with Crippen molar-refractivity contribution in [3.05, 3.63) is 48.6 Å². The summed E-state index contributed by atoms with van der Waals surface area (Å²) < 4.78 is 0. The maximum Gasteiger partial charge on any atom is 0.0558 e. The molecule has 0 spiro atoms. The van der Waals surface area contributed by atoms with E-state index in [1.165, 1.54) is 5.56 Å². The fourth-order valence-electron chi connectivity index (χ4n) is 1.54. The summed E-state index contributed by atoms with van der Waals surface area (Å²) in [4.78, 5) is 1.79. The molecule has 4 nitrogen and oxygen atoms in total. The number of rotatable bonds is 8. The van der Waals surface area contributed by atoms with Gasteiger partial charge in [0.2, 0.25) is 0 Å². The Bertz CT molecular complexity index is 289. The Morgan fingerprint density at radius 2 is 1.37 bits per heavy atom. The summed E-state index contributed by atoms with van der Waals surface area (Å²) in [5, 5.41) is 25.5. The van der Waals surface area contributed by atoms with Crippen LogP contribution in [0.2, 0.25) is 0 Å². The Morgan fingerprint density at radius 1 is 0.895 bits per heavy atom. The zero-order chi connectivity index (χ0) is 14.3. The number of aliphatic hydroxyl groups excluding tert-OH is 3. The Kier molecular flexibility index (Phi) is 12.4. The maximum absolute atomic E-state index is 8.48. The Morgan fingerprint density at radius 3 is 1.74 bits per heavy atom. The van der Waals surface area contributed by atoms with Crippen LogP contribution in [0.1, 0.15) is 5.56 Å². The zero-order valence-corrected chi connectivity index (χ0v) is 11.4. The van der Waals surface area contributed by atoms with Crippen LogP contribution in [0, 0.1) is 0 Å². The van der Waals surface area contributed by atoms with E-state index in [9.17, 15) is 0 Å². The smallest absolute Gasteiger partial charge is 0.0558 e. The molecule has 0 aromatic heterocycles. The van der Waals surface area contributed by atoms with Gasteiger partial charge in [-0.2, -0.15) is 0 Å². The number of nitrogens with zero attached hydrogens (tertiary/aromatic N) is 1. The van der Waals surface area contributed by atoms with E-state index in [2.05, 4.69) is 18.7 Å². The number of hydrogen-bond acceptors (Lipinski definition) is 4. The lowest BCUT2D eigenvalue weighted by Crippen LogP contribution is -2.32. The highest BCUT2D eigenvalue weighted by Crippen LogP contribution is 1.98. The van der Waals surface area contributed by atoms with E-state index >= 15 is 0 Å². The van der Waals surface area contributed by atoms with Gasteiger partial charge in [0.05, 0.1) is 19.8 Å². The molecule has 4 heteroatoms. The van der Waals surface area contributed by atoms with Gasteiger partial charge in [0, 0.05) is 19.6 Å². The van der Waals surface area contributed by atoms with Crippen molar-refractivity contribution in [2.75, 3.05) is 39.5 Å². The van der Waals surface area contributed by atoms with Gasteiger partial charge in [0.1, 0.15) is 0 Å². The largest absolute Gasteiger partial charge is 0.395 e. The zero-order valence-electron chi connectivity index (χ0n) is 11.4. The maximum atomic E-state index is 8.48. The highest BCUT2D eigenvalue weighted by molar-refractivity contribution is 5.16. The van der Waals surface area contributed by atoms with Crippen molar-refractivity contribution >= 4 is 0 Å². The first-order valence-corrected chi connectivity index (χ1v) is 6.48. The molecule has 0 radical (unpaired) electrons. The minimum atomic E-state index is 0.0694. The summed E-state index contributed by atoms with van der Waals surface area (Å²) in [5.74, 6) is 0. The first kappa shape index (κ1) is 17.8. The average molecular weight is 267 g/mol. The fourth-order valence-corrected chi connectivity index (χ4v) is 1.54. The molecule has 0 aliphatic carbocycles. The summed E-state index contributed by atoms with van der Waals surface area (Å²) in [6.07, 6.45) is 2.89. The van der Waals surface area contributed by atoms with Gasteiger partial charge in [-0.25, -0.2) is 0 Å². The van der Waals surface area contributed by atoms with Crippen LogP contribution in [-0.2, 0) is 6.42 Å². The van der Waals surface area contributed by atoms with Crippen molar-refractivity contribution in [3.63, 3.8) is 0 Å². The standard InChI is InChI=1S/C9H10.C6H15NO3/c1-2-6-9-7-4-3-5-8-9;8-4-1-7(2-5-9)3-6-10/h2-5,7-8H,1,6H2;8-10H,1-6H2. The van der Waals surface area contributed by atoms with E-state index < -0.39 is 0 Å². The van der Waals surface area contributed by atoms with Gasteiger partial charge in [-0.05, 0) is 12.0 Å². The van der Waals surface area contributed by atoms with Crippen LogP contribution in [-0.4, -0.2) is 59.7 Å². The van der Waals surface area contributed by atoms with Gasteiger partial charge in [-0.3, -0.25) is 4.90 Å². The molecule has 0 amide bonds. The van der Waals surface area contributed by atoms with Gasteiger partial charge in [-0.15, -0.1) is 6.58 Å². The third kappa shape index (κ3) is 10.4. The van der Waals surface area contributed by atoms with Crippen molar-refractivity contribution in [2.24, 2.45) is 0 Å². The van der Waals surface area contributed by atoms with Crippen molar-refractivity contribution in [1.29, 1.82) is 0 Å². The molecule has 19 heavy (non-hydrogen) atoms. The molecular weight excluding hydrogens is 242 g/mol. The number of hydrogen-bond donors (Lipinski definition) is 3. The van der Waals surface area contributed by atoms with Crippen molar-refractivity contribution in [2.45, 2.75) is 6.42 Å². The summed E-state index contributed by atoms with van der Waals surface area (Å²) in [7, 11) is 0. The first-order valence-electron chi connectivity index (χ1n) is 6.48. The predicted molar refractivity (Wildman–Crippen MR) is 78.0 cm³/mol. The van der Waals surface area contributed by atoms with Crippen LogP contribution in [0.4, 0.5) is 0 Å². The van der Waals surface area contributed by atoms with Crippen molar-refractivity contribution in [1.82, 2.24) is 4.90 Å². The second-order valence-corrected chi connectivity index (χ2v) is 3.99. The van der Waals surface area contributed by atoms with Crippen LogP contribution < -0.4 is 0 Å². The molecule has 0 saturated heterocycles. The Labute approximate surface area is 115 Å². The minimum absolute atomic E-state index is 0.0694. The lowest BCUT2D eigenvalue weighted by Gasteiger charge is -2.17. The molecule has 1 aromatic carbocycles. The van der Waals surface area contributed by atoms with Crippen LogP contribution in [0.3, 0.4) is 0 Å². The Hall–Kier alpha value is -1.20. The van der Waals surface area contributed by atoms with Crippen molar-refractivity contribution in [3.8, 4) is 0 Å². The Balaban J connectivity index is 0.000000342. The predicted octanol–water partition coefficient (Wildman–Crippen LogP) is 0.680. The number of benzene rings is 1. The van der Waals surface area contributed by atoms with Crippen LogP contribution in [0.5, 0.6) is 0 Å². The van der Waals surface area contributed by atoms with Crippen LogP contribution >= 0.6 is 0 Å². The van der Waals surface area contributed by atoms with Crippen LogP contribution in [0.15, 0.2) is 43.0 Å². The van der Waals surface area contributed by atoms with E-state index in [4.69, 9.17) is 15.3 Å². The molecule has 0 heterocycles. The van der Waals surface area contributed by atoms with E-state index in [0.717, 1.165) is 6.42 Å². The highest BCUT2D eigenvalue weighted by atomic mass is 16.3. The molecule has 0 fully saturated rings. The summed E-state index contributed by atoms with van der Waals surface area (Å²) in [6, 6.07) is 10.3. The van der Waals surface area contributed by atoms with E-state index in [1.54, 1.807) is 4.90 Å².